The molecule has 2 rings (SSSR count). The Morgan fingerprint density at radius 3 is 2.90 bits per heavy atom. The van der Waals surface area contributed by atoms with Crippen molar-refractivity contribution in [2.45, 2.75) is 25.9 Å². The molecule has 1 heterocycles. The van der Waals surface area contributed by atoms with Gasteiger partial charge in [0.1, 0.15) is 5.69 Å². The van der Waals surface area contributed by atoms with Gasteiger partial charge in [-0.15, -0.1) is 0 Å². The van der Waals surface area contributed by atoms with Gasteiger partial charge in [-0.05, 0) is 24.4 Å². The number of likely N-dealkylation sites (tertiary alicyclic amines) is 1. The molecule has 1 aliphatic rings. The highest BCUT2D eigenvalue weighted by Crippen LogP contribution is 2.31. The lowest BCUT2D eigenvalue weighted by molar-refractivity contribution is -0.384. The summed E-state index contributed by atoms with van der Waals surface area (Å²) in [7, 11) is 1.70. The van der Waals surface area contributed by atoms with Crippen molar-refractivity contribution in [2.75, 3.05) is 25.5 Å². The number of rotatable bonds is 5. The fourth-order valence-electron chi connectivity index (χ4n) is 2.96. The summed E-state index contributed by atoms with van der Waals surface area (Å²) >= 11 is 0. The second-order valence-corrected chi connectivity index (χ2v) is 5.30. The number of para-hydroxylation sites is 1. The van der Waals surface area contributed by atoms with E-state index in [-0.39, 0.29) is 23.3 Å². The van der Waals surface area contributed by atoms with E-state index in [1.54, 1.807) is 13.1 Å². The highest BCUT2D eigenvalue weighted by atomic mass is 16.6. The molecule has 0 spiro atoms. The van der Waals surface area contributed by atoms with Crippen molar-refractivity contribution in [2.24, 2.45) is 5.92 Å². The van der Waals surface area contributed by atoms with Crippen LogP contribution in [0.25, 0.3) is 0 Å². The van der Waals surface area contributed by atoms with Crippen molar-refractivity contribution in [3.8, 4) is 0 Å². The summed E-state index contributed by atoms with van der Waals surface area (Å²) in [6.45, 7) is 3.80. The quantitative estimate of drug-likeness (QED) is 0.635. The average molecular weight is 279 g/mol. The van der Waals surface area contributed by atoms with Gasteiger partial charge in [0.25, 0.3) is 5.69 Å². The zero-order chi connectivity index (χ0) is 14.7. The molecule has 6 heteroatoms. The maximum atomic E-state index is 11.1. The highest BCUT2D eigenvalue weighted by molar-refractivity contribution is 5.66. The predicted molar refractivity (Wildman–Crippen MR) is 77.7 cm³/mol. The van der Waals surface area contributed by atoms with Gasteiger partial charge in [0.2, 0.25) is 0 Å². The molecule has 110 valence electrons. The third kappa shape index (κ3) is 2.76. The maximum Gasteiger partial charge on any atom is 0.292 e. The van der Waals surface area contributed by atoms with Crippen LogP contribution in [0.15, 0.2) is 18.2 Å². The van der Waals surface area contributed by atoms with Crippen LogP contribution in [0.3, 0.4) is 0 Å². The van der Waals surface area contributed by atoms with Crippen LogP contribution in [0.1, 0.15) is 18.9 Å². The first-order chi connectivity index (χ1) is 9.58. The van der Waals surface area contributed by atoms with E-state index in [0.29, 0.717) is 18.2 Å². The van der Waals surface area contributed by atoms with Crippen LogP contribution in [-0.4, -0.2) is 41.2 Å². The smallest absolute Gasteiger partial charge is 0.292 e. The minimum absolute atomic E-state index is 0.0952. The summed E-state index contributed by atoms with van der Waals surface area (Å²) < 4.78 is 0. The molecule has 2 unspecified atom stereocenters. The van der Waals surface area contributed by atoms with E-state index < -0.39 is 0 Å². The van der Waals surface area contributed by atoms with Gasteiger partial charge in [-0.25, -0.2) is 0 Å². The molecule has 0 saturated carbocycles. The van der Waals surface area contributed by atoms with Crippen molar-refractivity contribution in [3.63, 3.8) is 0 Å². The van der Waals surface area contributed by atoms with Crippen molar-refractivity contribution < 1.29 is 10.0 Å². The lowest BCUT2D eigenvalue weighted by Crippen LogP contribution is -2.34. The normalized spacial score (nSPS) is 22.9. The molecule has 0 amide bonds. The van der Waals surface area contributed by atoms with Crippen molar-refractivity contribution in [1.29, 1.82) is 0 Å². The van der Waals surface area contributed by atoms with E-state index in [9.17, 15) is 15.2 Å². The molecule has 0 aromatic heterocycles. The monoisotopic (exact) mass is 279 g/mol. The molecule has 6 nitrogen and oxygen atoms in total. The number of nitrogens with one attached hydrogen (secondary N) is 1. The molecule has 0 radical (unpaired) electrons. The second-order valence-electron chi connectivity index (χ2n) is 5.30. The van der Waals surface area contributed by atoms with Crippen molar-refractivity contribution in [1.82, 2.24) is 4.90 Å². The summed E-state index contributed by atoms with van der Waals surface area (Å²) in [6.07, 6.45) is 1.05. The first-order valence-electron chi connectivity index (χ1n) is 6.87. The average Bonchev–Trinajstić information content (AvgIpc) is 2.78. The second kappa shape index (κ2) is 6.19. The van der Waals surface area contributed by atoms with Crippen LogP contribution in [0.5, 0.6) is 0 Å². The summed E-state index contributed by atoms with van der Waals surface area (Å²) in [6, 6.07) is 5.25. The number of anilines is 1. The topological polar surface area (TPSA) is 78.6 Å². The number of nitro groups is 1. The zero-order valence-corrected chi connectivity index (χ0v) is 11.9. The number of nitro benzene ring substituents is 1. The lowest BCUT2D eigenvalue weighted by Gasteiger charge is -2.25. The molecule has 1 fully saturated rings. The van der Waals surface area contributed by atoms with Crippen molar-refractivity contribution >= 4 is 11.4 Å². The van der Waals surface area contributed by atoms with Gasteiger partial charge in [-0.2, -0.15) is 0 Å². The Bertz CT molecular complexity index is 493. The Kier molecular flexibility index (Phi) is 4.57. The number of aliphatic hydroxyl groups is 1. The van der Waals surface area contributed by atoms with Gasteiger partial charge in [-0.3, -0.25) is 15.0 Å². The summed E-state index contributed by atoms with van der Waals surface area (Å²) in [5.74, 6) is 0.455. The minimum Gasteiger partial charge on any atom is -0.395 e. The molecule has 1 aromatic carbocycles. The molecule has 1 aliphatic heterocycles. The Morgan fingerprint density at radius 2 is 2.30 bits per heavy atom. The first kappa shape index (κ1) is 14.7. The SMILES string of the molecule is CNc1c(CN2CCC(C)C2CO)cccc1[N+](=O)[O-]. The van der Waals surface area contributed by atoms with Crippen LogP contribution < -0.4 is 5.32 Å². The zero-order valence-electron chi connectivity index (χ0n) is 11.9. The van der Waals surface area contributed by atoms with Gasteiger partial charge < -0.3 is 10.4 Å². The Labute approximate surface area is 118 Å². The highest BCUT2D eigenvalue weighted by Gasteiger charge is 2.31. The van der Waals surface area contributed by atoms with Crippen LogP contribution in [0.2, 0.25) is 0 Å². The molecule has 20 heavy (non-hydrogen) atoms. The van der Waals surface area contributed by atoms with E-state index in [1.807, 2.05) is 6.07 Å². The largest absolute Gasteiger partial charge is 0.395 e. The molecular weight excluding hydrogens is 258 g/mol. The summed E-state index contributed by atoms with van der Waals surface area (Å²) in [5, 5.41) is 23.5. The number of benzene rings is 1. The van der Waals surface area contributed by atoms with Gasteiger partial charge in [0.15, 0.2) is 0 Å². The lowest BCUT2D eigenvalue weighted by atomic mass is 10.0. The molecule has 2 N–H and O–H groups in total. The van der Waals surface area contributed by atoms with Crippen LogP contribution in [0.4, 0.5) is 11.4 Å². The van der Waals surface area contributed by atoms with Crippen LogP contribution >= 0.6 is 0 Å². The molecule has 0 aliphatic carbocycles. The third-order valence-corrected chi connectivity index (χ3v) is 4.13. The van der Waals surface area contributed by atoms with E-state index in [1.165, 1.54) is 6.07 Å². The fraction of sp³-hybridized carbons (Fsp3) is 0.571. The van der Waals surface area contributed by atoms with Gasteiger partial charge in [0, 0.05) is 25.7 Å². The van der Waals surface area contributed by atoms with Crippen molar-refractivity contribution in [3.05, 3.63) is 33.9 Å². The molecule has 1 saturated heterocycles. The molecule has 2 atom stereocenters. The van der Waals surface area contributed by atoms with Crippen LogP contribution in [-0.2, 0) is 6.54 Å². The number of aliphatic hydroxyl groups excluding tert-OH is 1. The fourth-order valence-corrected chi connectivity index (χ4v) is 2.96. The van der Waals surface area contributed by atoms with E-state index in [4.69, 9.17) is 0 Å². The van der Waals surface area contributed by atoms with Gasteiger partial charge >= 0.3 is 0 Å². The number of hydrogen-bond donors (Lipinski definition) is 2. The third-order valence-electron chi connectivity index (χ3n) is 4.13. The van der Waals surface area contributed by atoms with Gasteiger partial charge in [0.05, 0.1) is 11.5 Å². The first-order valence-corrected chi connectivity index (χ1v) is 6.87. The standard InChI is InChI=1S/C14H21N3O3/c1-10-6-7-16(13(10)9-18)8-11-4-3-5-12(17(19)20)14(11)15-2/h3-5,10,13,15,18H,6-9H2,1-2H3. The molecular formula is C14H21N3O3. The van der Waals surface area contributed by atoms with Crippen LogP contribution in [0, 0.1) is 16.0 Å². The van der Waals surface area contributed by atoms with Gasteiger partial charge in [-0.1, -0.05) is 19.1 Å². The van der Waals surface area contributed by atoms with E-state index in [0.717, 1.165) is 18.5 Å². The minimum atomic E-state index is -0.370. The maximum absolute atomic E-state index is 11.1. The molecule has 0 bridgehead atoms. The molecule has 1 aromatic rings. The van der Waals surface area contributed by atoms with E-state index >= 15 is 0 Å². The Balaban J connectivity index is 2.25. The summed E-state index contributed by atoms with van der Waals surface area (Å²) in [5.41, 5.74) is 1.56. The predicted octanol–water partition coefficient (Wildman–Crippen LogP) is 1.84. The van der Waals surface area contributed by atoms with E-state index in [2.05, 4.69) is 17.1 Å². The summed E-state index contributed by atoms with van der Waals surface area (Å²) in [4.78, 5) is 12.9. The Morgan fingerprint density at radius 1 is 1.55 bits per heavy atom. The Hall–Kier alpha value is -1.66. The number of nitrogens with zero attached hydrogens (tertiary/aromatic N) is 2. The number of hydrogen-bond acceptors (Lipinski definition) is 5.